The first-order chi connectivity index (χ1) is 11.7. The number of rotatable bonds is 9. The van der Waals surface area contributed by atoms with Gasteiger partial charge in [0.15, 0.2) is 0 Å². The Morgan fingerprint density at radius 2 is 2.00 bits per heavy atom. The van der Waals surface area contributed by atoms with E-state index in [1.165, 1.54) is 17.5 Å². The fraction of sp³-hybridized carbons (Fsp3) is 0.278. The Morgan fingerprint density at radius 3 is 2.60 bits per heavy atom. The topological polar surface area (TPSA) is 47.6 Å². The van der Waals surface area contributed by atoms with Crippen molar-refractivity contribution in [3.8, 4) is 5.75 Å². The number of esters is 1. The zero-order valence-corrected chi connectivity index (χ0v) is 13.9. The zero-order chi connectivity index (χ0) is 18.9. The average molecular weight is 355 g/mol. The van der Waals surface area contributed by atoms with Gasteiger partial charge >= 0.3 is 12.3 Å². The highest BCUT2D eigenvalue weighted by Crippen LogP contribution is 2.20. The molecule has 0 saturated heterocycles. The van der Waals surface area contributed by atoms with E-state index in [0.717, 1.165) is 0 Å². The number of carbonyl (C=O) groups excluding carboxylic acids is 1. The van der Waals surface area contributed by atoms with E-state index in [1.54, 1.807) is 31.2 Å². The lowest BCUT2D eigenvalue weighted by Crippen LogP contribution is -2.29. The van der Waals surface area contributed by atoms with Gasteiger partial charge < -0.3 is 9.47 Å². The van der Waals surface area contributed by atoms with E-state index in [-0.39, 0.29) is 31.3 Å². The van der Waals surface area contributed by atoms with Crippen LogP contribution in [-0.4, -0.2) is 25.5 Å². The normalized spacial score (nSPS) is 11.6. The molecule has 0 aliphatic rings. The number of alkyl halides is 3. The molecule has 7 heteroatoms. The van der Waals surface area contributed by atoms with Gasteiger partial charge in [0.1, 0.15) is 12.4 Å². The van der Waals surface area contributed by atoms with Crippen molar-refractivity contribution in [3.63, 3.8) is 0 Å². The molecule has 0 bridgehead atoms. The van der Waals surface area contributed by atoms with E-state index in [4.69, 9.17) is 9.47 Å². The molecule has 0 aliphatic heterocycles. The van der Waals surface area contributed by atoms with Crippen molar-refractivity contribution in [2.24, 2.45) is 0 Å². The summed E-state index contributed by atoms with van der Waals surface area (Å²) in [4.78, 5) is 11.6. The molecule has 1 N–H and O–H groups in total. The minimum absolute atomic E-state index is 0.0259. The summed E-state index contributed by atoms with van der Waals surface area (Å²) < 4.78 is 47.2. The van der Waals surface area contributed by atoms with Crippen molar-refractivity contribution < 1.29 is 27.4 Å². The van der Waals surface area contributed by atoms with Gasteiger partial charge in [-0.15, -0.1) is 0 Å². The van der Waals surface area contributed by atoms with Gasteiger partial charge in [0.2, 0.25) is 0 Å². The third kappa shape index (κ3) is 8.10. The summed E-state index contributed by atoms with van der Waals surface area (Å²) in [6, 6.07) is 6.86. The summed E-state index contributed by atoms with van der Waals surface area (Å²) in [5.41, 5.74) is 0.690. The van der Waals surface area contributed by atoms with Gasteiger partial charge in [0.25, 0.3) is 0 Å². The lowest BCUT2D eigenvalue weighted by atomic mass is 10.1. The predicted octanol–water partition coefficient (Wildman–Crippen LogP) is 3.91. The van der Waals surface area contributed by atoms with Crippen LogP contribution in [-0.2, 0) is 16.0 Å². The van der Waals surface area contributed by atoms with Crippen LogP contribution in [0.2, 0.25) is 0 Å². The van der Waals surface area contributed by atoms with Crippen molar-refractivity contribution in [3.05, 3.63) is 66.4 Å². The first kappa shape index (κ1) is 20.3. The van der Waals surface area contributed by atoms with Gasteiger partial charge in [0.05, 0.1) is 13.0 Å². The van der Waals surface area contributed by atoms with Gasteiger partial charge in [-0.1, -0.05) is 37.4 Å². The molecular weight excluding hydrogens is 335 g/mol. The molecule has 4 nitrogen and oxygen atoms in total. The fourth-order valence-corrected chi connectivity index (χ4v) is 1.92. The smallest absolute Gasteiger partial charge is 0.482 e. The number of allylic oxidation sites excluding steroid dienone is 1. The van der Waals surface area contributed by atoms with Crippen LogP contribution in [0.4, 0.5) is 13.2 Å². The van der Waals surface area contributed by atoms with Gasteiger partial charge in [-0.3, -0.25) is 10.1 Å². The lowest BCUT2D eigenvalue weighted by molar-refractivity contribution is -0.148. The Morgan fingerprint density at radius 1 is 1.32 bits per heavy atom. The highest BCUT2D eigenvalue weighted by Gasteiger charge is 2.26. The number of ether oxygens (including phenoxy) is 2. The average Bonchev–Trinajstić information content (AvgIpc) is 2.51. The molecular formula is C18H20F3NO3. The van der Waals surface area contributed by atoms with Crippen LogP contribution in [0, 0.1) is 0 Å². The monoisotopic (exact) mass is 355 g/mol. The second kappa shape index (κ2) is 9.56. The highest BCUT2D eigenvalue weighted by atomic mass is 19.4. The molecule has 0 aromatic heterocycles. The van der Waals surface area contributed by atoms with Crippen LogP contribution in [0.25, 0.3) is 0 Å². The van der Waals surface area contributed by atoms with Gasteiger partial charge in [-0.05, 0) is 24.6 Å². The molecule has 25 heavy (non-hydrogen) atoms. The molecule has 0 atom stereocenters. The first-order valence-corrected chi connectivity index (χ1v) is 7.48. The van der Waals surface area contributed by atoms with E-state index in [9.17, 15) is 18.0 Å². The third-order valence-electron chi connectivity index (χ3n) is 2.93. The number of hydrogen-bond acceptors (Lipinski definition) is 4. The molecule has 0 saturated carbocycles. The number of benzene rings is 1. The van der Waals surface area contributed by atoms with Crippen LogP contribution in [0.5, 0.6) is 5.75 Å². The van der Waals surface area contributed by atoms with Crippen LogP contribution < -0.4 is 10.1 Å². The Labute approximate surface area is 144 Å². The molecule has 0 spiro atoms. The Bertz CT molecular complexity index is 651. The number of nitrogens with one attached hydrogen (secondary N) is 1. The van der Waals surface area contributed by atoms with Crippen molar-refractivity contribution in [1.82, 2.24) is 5.32 Å². The van der Waals surface area contributed by atoms with Crippen LogP contribution in [0.1, 0.15) is 12.5 Å². The summed E-state index contributed by atoms with van der Waals surface area (Å²) in [6.45, 7) is 8.80. The second-order valence-corrected chi connectivity index (χ2v) is 4.95. The summed E-state index contributed by atoms with van der Waals surface area (Å²) in [7, 11) is 0. The molecule has 0 amide bonds. The molecule has 0 heterocycles. The number of carbonyl (C=O) groups is 1. The minimum atomic E-state index is -4.56. The summed E-state index contributed by atoms with van der Waals surface area (Å²) in [5.74, 6) is 0.0542. The number of halogens is 3. The predicted molar refractivity (Wildman–Crippen MR) is 88.9 cm³/mol. The van der Waals surface area contributed by atoms with E-state index in [0.29, 0.717) is 16.9 Å². The molecule has 1 rings (SSSR count). The van der Waals surface area contributed by atoms with Crippen molar-refractivity contribution >= 4 is 5.97 Å². The fourth-order valence-electron chi connectivity index (χ4n) is 1.92. The van der Waals surface area contributed by atoms with Crippen molar-refractivity contribution in [1.29, 1.82) is 0 Å². The summed E-state index contributed by atoms with van der Waals surface area (Å²) >= 11 is 0. The second-order valence-electron chi connectivity index (χ2n) is 4.95. The molecule has 1 aromatic carbocycles. The quantitative estimate of drug-likeness (QED) is 0.415. The third-order valence-corrected chi connectivity index (χ3v) is 2.93. The molecule has 0 fully saturated rings. The summed E-state index contributed by atoms with van der Waals surface area (Å²) in [6.07, 6.45) is -1.96. The van der Waals surface area contributed by atoms with E-state index >= 15 is 0 Å². The minimum Gasteiger partial charge on any atom is -0.489 e. The van der Waals surface area contributed by atoms with E-state index < -0.39 is 6.30 Å². The van der Waals surface area contributed by atoms with Crippen molar-refractivity contribution in [2.45, 2.75) is 19.6 Å². The molecule has 136 valence electrons. The zero-order valence-electron chi connectivity index (χ0n) is 13.9. The maximum absolute atomic E-state index is 12.2. The van der Waals surface area contributed by atoms with Gasteiger partial charge in [-0.2, -0.15) is 13.2 Å². The largest absolute Gasteiger partial charge is 0.489 e. The molecule has 0 unspecified atom stereocenters. The van der Waals surface area contributed by atoms with Gasteiger partial charge in [0, 0.05) is 11.3 Å². The van der Waals surface area contributed by atoms with Crippen LogP contribution >= 0.6 is 0 Å². The Kier molecular flexibility index (Phi) is 7.78. The maximum Gasteiger partial charge on any atom is 0.482 e. The van der Waals surface area contributed by atoms with E-state index in [1.807, 2.05) is 0 Å². The highest BCUT2D eigenvalue weighted by molar-refractivity contribution is 5.73. The molecule has 1 aromatic rings. The Balaban J connectivity index is 2.77. The number of hydrogen-bond donors (Lipinski definition) is 1. The molecule has 0 aliphatic carbocycles. The van der Waals surface area contributed by atoms with E-state index in [2.05, 4.69) is 13.2 Å². The van der Waals surface area contributed by atoms with Crippen LogP contribution in [0.3, 0.4) is 0 Å². The molecule has 0 radical (unpaired) electrons. The number of para-hydroxylation sites is 1. The maximum atomic E-state index is 12.2. The lowest BCUT2D eigenvalue weighted by Gasteiger charge is -2.13. The summed E-state index contributed by atoms with van der Waals surface area (Å²) in [5, 5.41) is 1.30. The standard InChI is InChI=1S/C18H20F3NO3/c1-4-14(10-13(3)22-18(19,20)21)12-25-16-9-7-6-8-15(16)11-17(23)24-5-2/h4,6-10,22H,1,3,5,11-12H2,2H3/b14-10+. The first-order valence-electron chi connectivity index (χ1n) is 7.48. The van der Waals surface area contributed by atoms with Crippen molar-refractivity contribution in [2.75, 3.05) is 13.2 Å². The SMILES string of the molecule is C=C/C(=C\C(=C)NC(F)(F)F)COc1ccccc1CC(=O)OCC. The van der Waals surface area contributed by atoms with Crippen LogP contribution in [0.15, 0.2) is 60.8 Å². The van der Waals surface area contributed by atoms with Gasteiger partial charge in [-0.25, -0.2) is 0 Å². The Hall–Kier alpha value is -2.70.